The van der Waals surface area contributed by atoms with Gasteiger partial charge in [-0.15, -0.1) is 0 Å². The van der Waals surface area contributed by atoms with Crippen molar-refractivity contribution in [2.45, 2.75) is 6.92 Å². The van der Waals surface area contributed by atoms with Crippen LogP contribution in [0.2, 0.25) is 0 Å². The second-order valence-electron chi connectivity index (χ2n) is 2.60. The highest BCUT2D eigenvalue weighted by Crippen LogP contribution is 2.07. The molecule has 0 radical (unpaired) electrons. The molecule has 0 fully saturated rings. The van der Waals surface area contributed by atoms with Crippen LogP contribution in [0.4, 0.5) is 4.79 Å². The molecule has 0 aliphatic rings. The molecule has 0 bridgehead atoms. The number of phenols is 1. The molecular weight excluding hydrogens is 198 g/mol. The number of nitrogens with zero attached hydrogens (tertiary/aromatic N) is 1. The molecule has 1 rings (SSSR count). The lowest BCUT2D eigenvalue weighted by Crippen LogP contribution is -2.02. The molecule has 0 aliphatic heterocycles. The van der Waals surface area contributed by atoms with E-state index >= 15 is 0 Å². The molecule has 1 aromatic carbocycles. The summed E-state index contributed by atoms with van der Waals surface area (Å²) in [5.74, 6) is 0.165. The van der Waals surface area contributed by atoms with E-state index in [9.17, 15) is 4.79 Å². The highest BCUT2D eigenvalue weighted by atomic mass is 16.8. The van der Waals surface area contributed by atoms with Gasteiger partial charge in [-0.2, -0.15) is 0 Å². The number of phenolic OH excluding ortho intramolecular Hbond substituents is 1. The Morgan fingerprint density at radius 3 is 2.73 bits per heavy atom. The normalized spacial score (nSPS) is 10.2. The van der Waals surface area contributed by atoms with Gasteiger partial charge in [0.2, 0.25) is 0 Å². The van der Waals surface area contributed by atoms with Gasteiger partial charge >= 0.3 is 6.16 Å². The van der Waals surface area contributed by atoms with Crippen LogP contribution >= 0.6 is 0 Å². The molecule has 0 atom stereocenters. The molecule has 0 spiro atoms. The molecule has 0 aliphatic carbocycles. The van der Waals surface area contributed by atoms with Crippen LogP contribution in [0.15, 0.2) is 29.4 Å². The molecule has 0 saturated heterocycles. The molecule has 0 unspecified atom stereocenters. The maximum absolute atomic E-state index is 10.7. The van der Waals surface area contributed by atoms with Crippen LogP contribution in [0.3, 0.4) is 0 Å². The number of hydrogen-bond donors (Lipinski definition) is 1. The van der Waals surface area contributed by atoms with Gasteiger partial charge in [-0.1, -0.05) is 5.16 Å². The first-order valence-electron chi connectivity index (χ1n) is 4.38. The van der Waals surface area contributed by atoms with Crippen LogP contribution in [0, 0.1) is 0 Å². The number of ether oxygens (including phenoxy) is 1. The smallest absolute Gasteiger partial charge is 0.508 e. The zero-order chi connectivity index (χ0) is 11.1. The largest absolute Gasteiger partial charge is 0.535 e. The molecule has 5 nitrogen and oxygen atoms in total. The van der Waals surface area contributed by atoms with E-state index in [1.165, 1.54) is 18.3 Å². The predicted molar refractivity (Wildman–Crippen MR) is 53.8 cm³/mol. The van der Waals surface area contributed by atoms with E-state index < -0.39 is 6.16 Å². The van der Waals surface area contributed by atoms with E-state index in [0.717, 1.165) is 0 Å². The van der Waals surface area contributed by atoms with Gasteiger partial charge in [-0.05, 0) is 36.8 Å². The highest BCUT2D eigenvalue weighted by Gasteiger charge is 1.99. The molecule has 1 N–H and O–H groups in total. The van der Waals surface area contributed by atoms with Crippen molar-refractivity contribution in [1.29, 1.82) is 0 Å². The number of rotatable bonds is 3. The minimum Gasteiger partial charge on any atom is -0.508 e. The average Bonchev–Trinajstić information content (AvgIpc) is 2.21. The van der Waals surface area contributed by atoms with Gasteiger partial charge in [0, 0.05) is 0 Å². The first kappa shape index (κ1) is 11.0. The molecule has 0 amide bonds. The summed E-state index contributed by atoms with van der Waals surface area (Å²) in [5.41, 5.74) is 0.706. The Balaban J connectivity index is 2.44. The first-order valence-corrected chi connectivity index (χ1v) is 4.38. The number of carbonyl (C=O) groups is 1. The lowest BCUT2D eigenvalue weighted by Gasteiger charge is -1.96. The second-order valence-corrected chi connectivity index (χ2v) is 2.60. The Kier molecular flexibility index (Phi) is 4.15. The summed E-state index contributed by atoms with van der Waals surface area (Å²) in [7, 11) is 0. The molecule has 0 aromatic heterocycles. The number of oxime groups is 1. The van der Waals surface area contributed by atoms with Crippen LogP contribution in [-0.2, 0) is 9.57 Å². The summed E-state index contributed by atoms with van der Waals surface area (Å²) in [6, 6.07) is 6.28. The Labute approximate surface area is 86.9 Å². The van der Waals surface area contributed by atoms with Gasteiger partial charge in [0.25, 0.3) is 0 Å². The maximum Gasteiger partial charge on any atom is 0.535 e. The average molecular weight is 209 g/mol. The van der Waals surface area contributed by atoms with Crippen molar-refractivity contribution >= 4 is 12.4 Å². The fraction of sp³-hybridized carbons (Fsp3) is 0.200. The second kappa shape index (κ2) is 5.64. The van der Waals surface area contributed by atoms with E-state index in [1.807, 2.05) is 0 Å². The zero-order valence-electron chi connectivity index (χ0n) is 8.21. The minimum atomic E-state index is -0.840. The van der Waals surface area contributed by atoms with Gasteiger partial charge in [0.1, 0.15) is 5.75 Å². The third kappa shape index (κ3) is 4.12. The minimum absolute atomic E-state index is 0.165. The van der Waals surface area contributed by atoms with Gasteiger partial charge in [-0.25, -0.2) is 4.79 Å². The summed E-state index contributed by atoms with van der Waals surface area (Å²) in [4.78, 5) is 15.1. The molecule has 1 aromatic rings. The lowest BCUT2D eigenvalue weighted by atomic mass is 10.2. The fourth-order valence-corrected chi connectivity index (χ4v) is 0.835. The van der Waals surface area contributed by atoms with Crippen molar-refractivity contribution in [2.75, 3.05) is 6.61 Å². The van der Waals surface area contributed by atoms with Crippen LogP contribution in [0.25, 0.3) is 0 Å². The van der Waals surface area contributed by atoms with E-state index in [2.05, 4.69) is 14.7 Å². The van der Waals surface area contributed by atoms with Crippen LogP contribution in [-0.4, -0.2) is 24.1 Å². The summed E-state index contributed by atoms with van der Waals surface area (Å²) < 4.78 is 4.48. The molecule has 0 saturated carbocycles. The maximum atomic E-state index is 10.7. The van der Waals surface area contributed by atoms with Crippen molar-refractivity contribution in [2.24, 2.45) is 5.16 Å². The van der Waals surface area contributed by atoms with Crippen molar-refractivity contribution < 1.29 is 19.5 Å². The number of hydrogen-bond acceptors (Lipinski definition) is 5. The monoisotopic (exact) mass is 209 g/mol. The van der Waals surface area contributed by atoms with Gasteiger partial charge in [0.05, 0.1) is 12.8 Å². The summed E-state index contributed by atoms with van der Waals surface area (Å²) >= 11 is 0. The predicted octanol–water partition coefficient (Wildman–Crippen LogP) is 1.90. The lowest BCUT2D eigenvalue weighted by molar-refractivity contribution is 0.0618. The summed E-state index contributed by atoms with van der Waals surface area (Å²) in [6.07, 6.45) is 0.503. The molecule has 15 heavy (non-hydrogen) atoms. The van der Waals surface area contributed by atoms with Crippen LogP contribution in [0.1, 0.15) is 12.5 Å². The Hall–Kier alpha value is -2.04. The van der Waals surface area contributed by atoms with Gasteiger partial charge in [0.15, 0.2) is 0 Å². The van der Waals surface area contributed by atoms with Crippen molar-refractivity contribution in [3.63, 3.8) is 0 Å². The molecule has 0 heterocycles. The fourth-order valence-electron chi connectivity index (χ4n) is 0.835. The zero-order valence-corrected chi connectivity index (χ0v) is 8.21. The van der Waals surface area contributed by atoms with Crippen molar-refractivity contribution in [3.05, 3.63) is 29.8 Å². The van der Waals surface area contributed by atoms with E-state index in [0.29, 0.717) is 5.56 Å². The molecule has 80 valence electrons. The summed E-state index contributed by atoms with van der Waals surface area (Å²) in [5, 5.41) is 12.4. The Morgan fingerprint density at radius 2 is 2.13 bits per heavy atom. The quantitative estimate of drug-likeness (QED) is 0.357. The van der Waals surface area contributed by atoms with Crippen LogP contribution in [0.5, 0.6) is 5.75 Å². The third-order valence-electron chi connectivity index (χ3n) is 1.48. The first-order chi connectivity index (χ1) is 7.22. The van der Waals surface area contributed by atoms with Gasteiger partial charge in [-0.3, -0.25) is 4.84 Å². The number of benzene rings is 1. The van der Waals surface area contributed by atoms with E-state index in [1.54, 1.807) is 19.1 Å². The number of aromatic hydroxyl groups is 1. The third-order valence-corrected chi connectivity index (χ3v) is 1.48. The Bertz CT molecular complexity index is 345. The SMILES string of the molecule is CCOC(=O)ON=Cc1ccc(O)cc1. The van der Waals surface area contributed by atoms with Crippen molar-refractivity contribution in [1.82, 2.24) is 0 Å². The van der Waals surface area contributed by atoms with E-state index in [4.69, 9.17) is 5.11 Å². The molecule has 5 heteroatoms. The van der Waals surface area contributed by atoms with Crippen LogP contribution < -0.4 is 0 Å². The van der Waals surface area contributed by atoms with Crippen molar-refractivity contribution in [3.8, 4) is 5.75 Å². The van der Waals surface area contributed by atoms with E-state index in [-0.39, 0.29) is 12.4 Å². The Morgan fingerprint density at radius 1 is 1.47 bits per heavy atom. The topological polar surface area (TPSA) is 68.1 Å². The van der Waals surface area contributed by atoms with Gasteiger partial charge < -0.3 is 9.84 Å². The number of carbonyl (C=O) groups excluding carboxylic acids is 1. The standard InChI is InChI=1S/C10H11NO4/c1-2-14-10(13)15-11-7-8-3-5-9(12)6-4-8/h3-7,12H,2H2,1H3. The highest BCUT2D eigenvalue weighted by molar-refractivity contribution is 5.79. The molecular formula is C10H11NO4. The summed E-state index contributed by atoms with van der Waals surface area (Å²) in [6.45, 7) is 1.92.